The van der Waals surface area contributed by atoms with Gasteiger partial charge in [0.15, 0.2) is 0 Å². The lowest BCUT2D eigenvalue weighted by Gasteiger charge is -2.26. The van der Waals surface area contributed by atoms with Gasteiger partial charge in [-0.15, -0.1) is 0 Å². The number of cyclic esters (lactones) is 1. The topological polar surface area (TPSA) is 86.3 Å². The summed E-state index contributed by atoms with van der Waals surface area (Å²) in [5.74, 6) is 0.303. The summed E-state index contributed by atoms with van der Waals surface area (Å²) in [5.41, 5.74) is 5.23. The highest BCUT2D eigenvalue weighted by Crippen LogP contribution is 2.41. The van der Waals surface area contributed by atoms with E-state index in [1.54, 1.807) is 7.11 Å². The first-order valence-electron chi connectivity index (χ1n) is 12.6. The van der Waals surface area contributed by atoms with Crippen LogP contribution in [0.3, 0.4) is 0 Å². The second kappa shape index (κ2) is 12.9. The number of benzene rings is 1. The van der Waals surface area contributed by atoms with Crippen LogP contribution in [0.15, 0.2) is 11.6 Å². The average molecular weight is 489 g/mol. The molecule has 1 fully saturated rings. The lowest BCUT2D eigenvalue weighted by molar-refractivity contribution is -0.143. The number of anilines is 1. The third kappa shape index (κ3) is 7.21. The molecule has 1 saturated heterocycles. The maximum absolute atomic E-state index is 12.5. The minimum absolute atomic E-state index is 0.141. The van der Waals surface area contributed by atoms with Crippen molar-refractivity contribution in [3.05, 3.63) is 33.9 Å². The molecule has 0 spiro atoms. The predicted octanol–water partition coefficient (Wildman–Crippen LogP) is 4.03. The fourth-order valence-electron chi connectivity index (χ4n) is 4.55. The van der Waals surface area contributed by atoms with E-state index in [2.05, 4.69) is 16.3 Å². The zero-order valence-corrected chi connectivity index (χ0v) is 21.8. The van der Waals surface area contributed by atoms with Crippen LogP contribution < -0.4 is 10.1 Å². The summed E-state index contributed by atoms with van der Waals surface area (Å²) in [7, 11) is 1.65. The molecule has 8 heteroatoms. The highest BCUT2D eigenvalue weighted by molar-refractivity contribution is 6.01. The fraction of sp³-hybridized carbons (Fsp3) is 0.630. The van der Waals surface area contributed by atoms with Crippen molar-refractivity contribution >= 4 is 17.6 Å². The molecule has 2 aliphatic rings. The minimum atomic E-state index is -0.299. The van der Waals surface area contributed by atoms with Gasteiger partial charge in [0.25, 0.3) is 0 Å². The quantitative estimate of drug-likeness (QED) is 0.268. The number of carbonyl (C=O) groups excluding carboxylic acids is 2. The van der Waals surface area contributed by atoms with E-state index in [1.165, 1.54) is 0 Å². The standard InChI is InChI=1S/C27H40N2O6/c1-18(2)28-25-21(26(32-5)20(4)22-17-35-27(31)24(22)25)9-7-19(3)8-10-23(30)34-14-6-11-29-12-15-33-16-13-29/h7,18,28H,6,8-17H2,1-5H3/b19-7+. The van der Waals surface area contributed by atoms with Crippen LogP contribution in [0, 0.1) is 6.92 Å². The SMILES string of the molecule is COc1c(C)c2c(c(NC(C)C)c1C/C=C(\C)CCC(=O)OCCCN1CCOCC1)C(=O)OC2. The highest BCUT2D eigenvalue weighted by Gasteiger charge is 2.32. The Hall–Kier alpha value is -2.58. The van der Waals surface area contributed by atoms with Gasteiger partial charge in [-0.25, -0.2) is 4.79 Å². The Morgan fingerprint density at radius 2 is 1.97 bits per heavy atom. The second-order valence-electron chi connectivity index (χ2n) is 9.52. The summed E-state index contributed by atoms with van der Waals surface area (Å²) in [5, 5.41) is 3.44. The van der Waals surface area contributed by atoms with Gasteiger partial charge in [0.05, 0.1) is 38.2 Å². The van der Waals surface area contributed by atoms with Crippen LogP contribution in [0.4, 0.5) is 5.69 Å². The number of hydrogen-bond acceptors (Lipinski definition) is 8. The number of nitrogens with one attached hydrogen (secondary N) is 1. The molecule has 1 N–H and O–H groups in total. The van der Waals surface area contributed by atoms with Crippen LogP contribution in [0.2, 0.25) is 0 Å². The summed E-state index contributed by atoms with van der Waals surface area (Å²) in [4.78, 5) is 27.0. The van der Waals surface area contributed by atoms with Gasteiger partial charge in [0, 0.05) is 43.2 Å². The number of morpholine rings is 1. The molecule has 2 aliphatic heterocycles. The van der Waals surface area contributed by atoms with Crippen LogP contribution in [0.5, 0.6) is 5.75 Å². The first kappa shape index (κ1) is 27.0. The summed E-state index contributed by atoms with van der Waals surface area (Å²) >= 11 is 0. The highest BCUT2D eigenvalue weighted by atomic mass is 16.5. The van der Waals surface area contributed by atoms with Crippen LogP contribution >= 0.6 is 0 Å². The van der Waals surface area contributed by atoms with Crippen LogP contribution in [0.1, 0.15) is 67.1 Å². The second-order valence-corrected chi connectivity index (χ2v) is 9.52. The van der Waals surface area contributed by atoms with E-state index in [-0.39, 0.29) is 24.6 Å². The van der Waals surface area contributed by atoms with Crippen molar-refractivity contribution in [3.8, 4) is 5.75 Å². The first-order chi connectivity index (χ1) is 16.8. The van der Waals surface area contributed by atoms with Crippen molar-refractivity contribution in [1.29, 1.82) is 0 Å². The Labute approximate surface area is 208 Å². The zero-order valence-electron chi connectivity index (χ0n) is 21.8. The Morgan fingerprint density at radius 1 is 1.23 bits per heavy atom. The number of methoxy groups -OCH3 is 1. The third-order valence-corrected chi connectivity index (χ3v) is 6.47. The molecule has 0 radical (unpaired) electrons. The molecule has 0 atom stereocenters. The monoisotopic (exact) mass is 488 g/mol. The summed E-state index contributed by atoms with van der Waals surface area (Å²) in [6.07, 6.45) is 4.50. The van der Waals surface area contributed by atoms with Gasteiger partial charge >= 0.3 is 11.9 Å². The van der Waals surface area contributed by atoms with Gasteiger partial charge < -0.3 is 24.3 Å². The molecule has 3 rings (SSSR count). The van der Waals surface area contributed by atoms with Crippen LogP contribution in [0.25, 0.3) is 0 Å². The van der Waals surface area contributed by atoms with Crippen molar-refractivity contribution in [2.24, 2.45) is 0 Å². The van der Waals surface area contributed by atoms with Crippen LogP contribution in [-0.2, 0) is 32.0 Å². The van der Waals surface area contributed by atoms with Gasteiger partial charge in [0.1, 0.15) is 12.4 Å². The molecule has 194 valence electrons. The lowest BCUT2D eigenvalue weighted by Crippen LogP contribution is -2.37. The number of carbonyl (C=O) groups is 2. The van der Waals surface area contributed by atoms with Crippen molar-refractivity contribution in [2.45, 2.75) is 66.0 Å². The smallest absolute Gasteiger partial charge is 0.341 e. The molecule has 0 aromatic heterocycles. The van der Waals surface area contributed by atoms with E-state index in [1.807, 2.05) is 27.7 Å². The van der Waals surface area contributed by atoms with Crippen molar-refractivity contribution in [2.75, 3.05) is 51.9 Å². The summed E-state index contributed by atoms with van der Waals surface area (Å²) in [6.45, 7) is 13.2. The Balaban J connectivity index is 1.58. The largest absolute Gasteiger partial charge is 0.496 e. The molecular weight excluding hydrogens is 448 g/mol. The molecule has 2 heterocycles. The number of fused-ring (bicyclic) bond motifs is 1. The molecular formula is C27H40N2O6. The number of nitrogens with zero attached hydrogens (tertiary/aromatic N) is 1. The van der Waals surface area contributed by atoms with E-state index < -0.39 is 0 Å². The fourth-order valence-corrected chi connectivity index (χ4v) is 4.55. The van der Waals surface area contributed by atoms with E-state index in [4.69, 9.17) is 18.9 Å². The Kier molecular flexibility index (Phi) is 9.98. The normalized spacial score (nSPS) is 16.3. The van der Waals surface area contributed by atoms with Crippen molar-refractivity contribution in [3.63, 3.8) is 0 Å². The zero-order chi connectivity index (χ0) is 25.4. The van der Waals surface area contributed by atoms with E-state index >= 15 is 0 Å². The summed E-state index contributed by atoms with van der Waals surface area (Å²) in [6, 6.07) is 0.141. The van der Waals surface area contributed by atoms with Gasteiger partial charge in [-0.1, -0.05) is 11.6 Å². The number of ether oxygens (including phenoxy) is 4. The first-order valence-corrected chi connectivity index (χ1v) is 12.6. The molecule has 0 amide bonds. The van der Waals surface area contributed by atoms with Gasteiger partial charge in [0.2, 0.25) is 0 Å². The molecule has 1 aromatic rings. The molecule has 0 unspecified atom stereocenters. The van der Waals surface area contributed by atoms with Gasteiger partial charge in [-0.05, 0) is 52.5 Å². The number of hydrogen-bond donors (Lipinski definition) is 1. The van der Waals surface area contributed by atoms with E-state index in [0.717, 1.165) is 73.0 Å². The third-order valence-electron chi connectivity index (χ3n) is 6.47. The lowest BCUT2D eigenvalue weighted by atomic mass is 9.93. The number of allylic oxidation sites excluding steroid dienone is 2. The Bertz CT molecular complexity index is 934. The maximum Gasteiger partial charge on any atom is 0.341 e. The van der Waals surface area contributed by atoms with Gasteiger partial charge in [-0.2, -0.15) is 0 Å². The number of esters is 2. The molecule has 0 aliphatic carbocycles. The summed E-state index contributed by atoms with van der Waals surface area (Å²) < 4.78 is 21.9. The maximum atomic E-state index is 12.5. The Morgan fingerprint density at radius 3 is 2.66 bits per heavy atom. The van der Waals surface area contributed by atoms with Crippen molar-refractivity contribution in [1.82, 2.24) is 4.90 Å². The molecule has 8 nitrogen and oxygen atoms in total. The van der Waals surface area contributed by atoms with E-state index in [0.29, 0.717) is 31.4 Å². The van der Waals surface area contributed by atoms with Gasteiger partial charge in [-0.3, -0.25) is 9.69 Å². The molecule has 0 bridgehead atoms. The molecule has 1 aromatic carbocycles. The van der Waals surface area contributed by atoms with Crippen molar-refractivity contribution < 1.29 is 28.5 Å². The average Bonchev–Trinajstić information content (AvgIpc) is 3.23. The minimum Gasteiger partial charge on any atom is -0.496 e. The number of rotatable bonds is 12. The molecule has 0 saturated carbocycles. The molecule has 35 heavy (non-hydrogen) atoms. The van der Waals surface area contributed by atoms with E-state index in [9.17, 15) is 9.59 Å². The van der Waals surface area contributed by atoms with Crippen LogP contribution in [-0.4, -0.2) is 69.4 Å². The predicted molar refractivity (Wildman–Crippen MR) is 135 cm³/mol.